The van der Waals surface area contributed by atoms with Crippen LogP contribution in [0.4, 0.5) is 10.6 Å². The van der Waals surface area contributed by atoms with E-state index in [2.05, 4.69) is 30.7 Å². The molecule has 10 nitrogen and oxygen atoms in total. The number of hydrogen-bond acceptors (Lipinski definition) is 7. The van der Waals surface area contributed by atoms with Crippen molar-refractivity contribution in [3.05, 3.63) is 58.3 Å². The van der Waals surface area contributed by atoms with Crippen LogP contribution in [0.15, 0.2) is 40.4 Å². The Morgan fingerprint density at radius 1 is 1.31 bits per heavy atom. The van der Waals surface area contributed by atoms with E-state index in [1.54, 1.807) is 11.1 Å². The summed E-state index contributed by atoms with van der Waals surface area (Å²) >= 11 is 0. The van der Waals surface area contributed by atoms with Gasteiger partial charge in [-0.3, -0.25) is 5.10 Å². The number of aromatic nitrogens is 4. The molecule has 2 aromatic heterocycles. The molecule has 1 amide bonds. The molecule has 32 heavy (non-hydrogen) atoms. The number of ether oxygens (including phenoxy) is 1. The summed E-state index contributed by atoms with van der Waals surface area (Å²) in [4.78, 5) is 18.6. The van der Waals surface area contributed by atoms with Crippen LogP contribution in [0.3, 0.4) is 0 Å². The van der Waals surface area contributed by atoms with E-state index in [0.29, 0.717) is 34.8 Å². The van der Waals surface area contributed by atoms with Gasteiger partial charge in [0.2, 0.25) is 0 Å². The van der Waals surface area contributed by atoms with Crippen LogP contribution >= 0.6 is 0 Å². The van der Waals surface area contributed by atoms with Gasteiger partial charge in [-0.1, -0.05) is 12.1 Å². The van der Waals surface area contributed by atoms with Gasteiger partial charge >= 0.3 is 6.09 Å². The summed E-state index contributed by atoms with van der Waals surface area (Å²) in [6, 6.07) is 5.30. The van der Waals surface area contributed by atoms with E-state index in [0.717, 1.165) is 24.0 Å². The third kappa shape index (κ3) is 3.26. The maximum atomic E-state index is 12.9. The summed E-state index contributed by atoms with van der Waals surface area (Å²) in [5.74, 6) is 0.274. The van der Waals surface area contributed by atoms with Gasteiger partial charge < -0.3 is 15.0 Å². The average molecular weight is 433 g/mol. The summed E-state index contributed by atoms with van der Waals surface area (Å²) in [7, 11) is 0. The van der Waals surface area contributed by atoms with Gasteiger partial charge in [-0.05, 0) is 55.6 Å². The van der Waals surface area contributed by atoms with Crippen molar-refractivity contribution in [3.63, 3.8) is 0 Å². The number of aromatic amines is 1. The summed E-state index contributed by atoms with van der Waals surface area (Å²) in [5.41, 5.74) is 3.43. The second kappa shape index (κ2) is 7.37. The fraction of sp³-hybridized carbons (Fsp3) is 0.409. The van der Waals surface area contributed by atoms with Gasteiger partial charge in [0, 0.05) is 17.8 Å². The molecule has 0 spiro atoms. The number of benzene rings is 1. The van der Waals surface area contributed by atoms with Gasteiger partial charge in [-0.2, -0.15) is 5.10 Å². The fourth-order valence-corrected chi connectivity index (χ4v) is 4.48. The molecule has 0 saturated carbocycles. The largest absolute Gasteiger partial charge is 0.444 e. The molecule has 1 fully saturated rings. The van der Waals surface area contributed by atoms with Crippen LogP contribution in [0.25, 0.3) is 15.9 Å². The second-order valence-corrected chi connectivity index (χ2v) is 8.98. The lowest BCUT2D eigenvalue weighted by Gasteiger charge is -2.34. The van der Waals surface area contributed by atoms with E-state index in [4.69, 9.17) is 15.9 Å². The second-order valence-electron chi connectivity index (χ2n) is 8.98. The first kappa shape index (κ1) is 20.1. The monoisotopic (exact) mass is 433 g/mol. The first-order valence-electron chi connectivity index (χ1n) is 10.5. The summed E-state index contributed by atoms with van der Waals surface area (Å²) < 4.78 is 10.6. The van der Waals surface area contributed by atoms with Gasteiger partial charge in [0.05, 0.1) is 24.7 Å². The number of H-pyrrole nitrogens is 1. The number of nitrogens with one attached hydrogen (secondary N) is 2. The smallest absolute Gasteiger partial charge is 0.410 e. The first-order chi connectivity index (χ1) is 15.4. The van der Waals surface area contributed by atoms with Crippen molar-refractivity contribution in [2.24, 2.45) is 0 Å². The highest BCUT2D eigenvalue weighted by atomic mass is 16.6. The van der Waals surface area contributed by atoms with Crippen LogP contribution in [0.1, 0.15) is 50.7 Å². The molecule has 2 atom stereocenters. The zero-order chi connectivity index (χ0) is 22.5. The van der Waals surface area contributed by atoms with Gasteiger partial charge in [-0.25, -0.2) is 14.3 Å². The van der Waals surface area contributed by atoms with Crippen LogP contribution in [0.5, 0.6) is 0 Å². The molecule has 4 heterocycles. The van der Waals surface area contributed by atoms with E-state index in [9.17, 15) is 4.79 Å². The molecule has 5 rings (SSSR count). The Hall–Kier alpha value is -3.87. The minimum atomic E-state index is -0.601. The molecule has 0 aliphatic carbocycles. The van der Waals surface area contributed by atoms with Crippen molar-refractivity contribution >= 4 is 22.9 Å². The number of carbonyl (C=O) groups excluding carboxylic acids is 1. The lowest BCUT2D eigenvalue weighted by Crippen LogP contribution is -2.42. The summed E-state index contributed by atoms with van der Waals surface area (Å²) in [5, 5.41) is 18.6. The van der Waals surface area contributed by atoms with Crippen molar-refractivity contribution < 1.29 is 14.2 Å². The number of amides is 1. The Balaban J connectivity index is 1.63. The average Bonchev–Trinajstić information content (AvgIpc) is 3.50. The number of hydrogen-bond donors (Lipinski definition) is 2. The van der Waals surface area contributed by atoms with Gasteiger partial charge in [0.1, 0.15) is 22.5 Å². The lowest BCUT2D eigenvalue weighted by molar-refractivity contribution is 0.0249. The maximum absolute atomic E-state index is 12.9. The number of allylic oxidation sites excluding steroid dienone is 1. The van der Waals surface area contributed by atoms with E-state index >= 15 is 0 Å². The molecule has 2 aliphatic heterocycles. The van der Waals surface area contributed by atoms with E-state index < -0.39 is 11.5 Å². The third-order valence-corrected chi connectivity index (χ3v) is 5.75. The van der Waals surface area contributed by atoms with Crippen molar-refractivity contribution in [2.75, 3.05) is 11.9 Å². The highest BCUT2D eigenvalue weighted by Crippen LogP contribution is 2.45. The highest BCUT2D eigenvalue weighted by Gasteiger charge is 2.41. The minimum Gasteiger partial charge on any atom is -0.444 e. The van der Waals surface area contributed by atoms with E-state index in [-0.39, 0.29) is 12.1 Å². The predicted molar refractivity (Wildman–Crippen MR) is 115 cm³/mol. The molecule has 0 bridgehead atoms. The molecule has 3 aromatic rings. The van der Waals surface area contributed by atoms with Gasteiger partial charge in [-0.15, -0.1) is 0 Å². The van der Waals surface area contributed by atoms with Crippen LogP contribution in [0, 0.1) is 6.57 Å². The van der Waals surface area contributed by atoms with Crippen LogP contribution < -0.4 is 5.32 Å². The molecular weight excluding hydrogens is 410 g/mol. The van der Waals surface area contributed by atoms with Crippen molar-refractivity contribution in [1.29, 1.82) is 0 Å². The van der Waals surface area contributed by atoms with Crippen LogP contribution in [-0.4, -0.2) is 49.7 Å². The third-order valence-electron chi connectivity index (χ3n) is 5.75. The molecular formula is C22H23N7O3. The SMILES string of the molecule is [C-]#[N+]C1=C(C2CCCN2C(=O)OC(C)(C)C)Nc2[nH]ncc2C1c1cccc2nonc12. The van der Waals surface area contributed by atoms with E-state index in [1.165, 1.54) is 0 Å². The van der Waals surface area contributed by atoms with Crippen molar-refractivity contribution in [1.82, 2.24) is 25.4 Å². The Labute approximate surface area is 184 Å². The molecule has 1 saturated heterocycles. The molecule has 2 unspecified atom stereocenters. The minimum absolute atomic E-state index is 0.303. The molecule has 2 aliphatic rings. The van der Waals surface area contributed by atoms with Crippen molar-refractivity contribution in [3.8, 4) is 0 Å². The highest BCUT2D eigenvalue weighted by molar-refractivity contribution is 5.81. The molecule has 1 aromatic carbocycles. The van der Waals surface area contributed by atoms with E-state index in [1.807, 2.05) is 39.0 Å². The Bertz CT molecular complexity index is 1260. The molecule has 2 N–H and O–H groups in total. The first-order valence-corrected chi connectivity index (χ1v) is 10.5. The number of nitrogens with zero attached hydrogens (tertiary/aromatic N) is 5. The summed E-state index contributed by atoms with van der Waals surface area (Å²) in [6.07, 6.45) is 2.88. The number of likely N-dealkylation sites (tertiary alicyclic amines) is 1. The Kier molecular flexibility index (Phi) is 4.62. The maximum Gasteiger partial charge on any atom is 0.410 e. The number of carbonyl (C=O) groups is 1. The molecule has 10 heteroatoms. The molecule has 164 valence electrons. The predicted octanol–water partition coefficient (Wildman–Crippen LogP) is 4.03. The lowest BCUT2D eigenvalue weighted by atomic mass is 9.84. The Morgan fingerprint density at radius 2 is 2.16 bits per heavy atom. The normalized spacial score (nSPS) is 20.8. The zero-order valence-electron chi connectivity index (χ0n) is 18.0. The standard InChI is InChI=1S/C22H23N7O3/c1-22(2,3)31-21(30)29-10-6-9-15(29)18-19(23-4)16(13-11-24-26-20(13)25-18)12-7-5-8-14-17(12)28-32-27-14/h5,7-8,11,15-16H,6,9-10H2,1-3H3,(H2,24,25,26). The Morgan fingerprint density at radius 3 is 2.94 bits per heavy atom. The van der Waals surface area contributed by atoms with Gasteiger partial charge in [0.25, 0.3) is 0 Å². The fourth-order valence-electron chi connectivity index (χ4n) is 4.48. The number of fused-ring (bicyclic) bond motifs is 2. The van der Waals surface area contributed by atoms with Crippen LogP contribution in [-0.2, 0) is 4.74 Å². The number of anilines is 1. The van der Waals surface area contributed by atoms with Gasteiger partial charge in [0.15, 0.2) is 5.70 Å². The zero-order valence-corrected chi connectivity index (χ0v) is 18.0. The molecule has 0 radical (unpaired) electrons. The quantitative estimate of drug-likeness (QED) is 0.587. The summed E-state index contributed by atoms with van der Waals surface area (Å²) in [6.45, 7) is 14.2. The van der Waals surface area contributed by atoms with Crippen molar-refractivity contribution in [2.45, 2.75) is 51.2 Å². The number of rotatable bonds is 2. The topological polar surface area (TPSA) is 114 Å². The van der Waals surface area contributed by atoms with Crippen LogP contribution in [0.2, 0.25) is 0 Å².